The fourth-order valence-corrected chi connectivity index (χ4v) is 1.74. The minimum absolute atomic E-state index is 0.156. The second-order valence-corrected chi connectivity index (χ2v) is 3.91. The van der Waals surface area contributed by atoms with Crippen LogP contribution in [0, 0.1) is 0 Å². The summed E-state index contributed by atoms with van der Waals surface area (Å²) in [5.74, 6) is 0.156. The van der Waals surface area contributed by atoms with Crippen LogP contribution in [0.1, 0.15) is 11.6 Å². The van der Waals surface area contributed by atoms with Crippen molar-refractivity contribution in [2.45, 2.75) is 6.04 Å². The average molecular weight is 258 g/mol. The first-order chi connectivity index (χ1) is 6.66. The highest BCUT2D eigenvalue weighted by atomic mass is 79.9. The number of carbonyl (C=O) groups excluding carboxylic acids is 1. The van der Waals surface area contributed by atoms with Crippen molar-refractivity contribution < 1.29 is 14.6 Å². The number of hydrogen-bond donors (Lipinski definition) is 2. The van der Waals surface area contributed by atoms with E-state index in [-0.39, 0.29) is 18.4 Å². The van der Waals surface area contributed by atoms with Crippen molar-refractivity contribution in [1.82, 2.24) is 5.32 Å². The highest BCUT2D eigenvalue weighted by Crippen LogP contribution is 2.29. The van der Waals surface area contributed by atoms with Gasteiger partial charge in [0.2, 0.25) is 0 Å². The summed E-state index contributed by atoms with van der Waals surface area (Å²) in [5.41, 5.74) is 0.658. The number of phenolic OH excluding ortho intramolecular Hbond substituents is 1. The molecule has 0 unspecified atom stereocenters. The van der Waals surface area contributed by atoms with E-state index in [4.69, 9.17) is 4.74 Å². The van der Waals surface area contributed by atoms with Gasteiger partial charge in [-0.05, 0) is 18.2 Å². The molecule has 0 spiro atoms. The van der Waals surface area contributed by atoms with Crippen molar-refractivity contribution in [2.75, 3.05) is 6.61 Å². The summed E-state index contributed by atoms with van der Waals surface area (Å²) in [5, 5.41) is 12.2. The van der Waals surface area contributed by atoms with E-state index in [1.54, 1.807) is 18.2 Å². The van der Waals surface area contributed by atoms with Gasteiger partial charge in [0.25, 0.3) is 0 Å². The number of nitrogens with one attached hydrogen (secondary N) is 1. The van der Waals surface area contributed by atoms with Gasteiger partial charge in [-0.15, -0.1) is 0 Å². The first-order valence-corrected chi connectivity index (χ1v) is 4.88. The number of phenols is 1. The van der Waals surface area contributed by atoms with Gasteiger partial charge in [-0.2, -0.15) is 0 Å². The number of hydrogen-bond acceptors (Lipinski definition) is 3. The number of benzene rings is 1. The molecule has 5 heteroatoms. The molecule has 1 aliphatic rings. The Balaban J connectivity index is 2.31. The van der Waals surface area contributed by atoms with Crippen molar-refractivity contribution in [3.63, 3.8) is 0 Å². The van der Waals surface area contributed by atoms with Crippen LogP contribution in [0.15, 0.2) is 22.7 Å². The molecule has 2 N–H and O–H groups in total. The summed E-state index contributed by atoms with van der Waals surface area (Å²) >= 11 is 3.29. The van der Waals surface area contributed by atoms with E-state index in [2.05, 4.69) is 21.2 Å². The number of carbonyl (C=O) groups is 1. The summed E-state index contributed by atoms with van der Waals surface area (Å²) in [7, 11) is 0. The normalized spacial score (nSPS) is 20.4. The number of rotatable bonds is 1. The third-order valence-corrected chi connectivity index (χ3v) is 2.53. The highest BCUT2D eigenvalue weighted by Gasteiger charge is 2.25. The molecule has 2 rings (SSSR count). The molecule has 1 fully saturated rings. The van der Waals surface area contributed by atoms with E-state index < -0.39 is 6.09 Å². The molecule has 14 heavy (non-hydrogen) atoms. The Morgan fingerprint density at radius 2 is 2.36 bits per heavy atom. The summed E-state index contributed by atoms with van der Waals surface area (Å²) in [6.07, 6.45) is -0.450. The lowest BCUT2D eigenvalue weighted by Gasteiger charge is -2.09. The topological polar surface area (TPSA) is 58.6 Å². The predicted molar refractivity (Wildman–Crippen MR) is 53.0 cm³/mol. The molecule has 1 aromatic rings. The standard InChI is InChI=1S/C9H8BrNO3/c10-5-1-2-8(12)6(3-5)7-4-14-9(13)11-7/h1-3,7,12H,4H2,(H,11,13)/t7-/m0/s1. The van der Waals surface area contributed by atoms with Crippen molar-refractivity contribution in [2.24, 2.45) is 0 Å². The molecule has 1 aromatic carbocycles. The molecule has 0 saturated carbocycles. The van der Waals surface area contributed by atoms with Crippen LogP contribution < -0.4 is 5.32 Å². The number of aromatic hydroxyl groups is 1. The Hall–Kier alpha value is -1.23. The van der Waals surface area contributed by atoms with E-state index in [0.29, 0.717) is 5.56 Å². The molecule has 1 amide bonds. The largest absolute Gasteiger partial charge is 0.508 e. The van der Waals surface area contributed by atoms with Gasteiger partial charge in [0.15, 0.2) is 0 Å². The molecular formula is C9H8BrNO3. The smallest absolute Gasteiger partial charge is 0.407 e. The lowest BCUT2D eigenvalue weighted by Crippen LogP contribution is -2.18. The zero-order chi connectivity index (χ0) is 10.1. The van der Waals surface area contributed by atoms with Crippen molar-refractivity contribution >= 4 is 22.0 Å². The van der Waals surface area contributed by atoms with Gasteiger partial charge < -0.3 is 15.2 Å². The minimum Gasteiger partial charge on any atom is -0.508 e. The van der Waals surface area contributed by atoms with Gasteiger partial charge in [0.05, 0.1) is 6.04 Å². The van der Waals surface area contributed by atoms with Gasteiger partial charge in [-0.3, -0.25) is 0 Å². The molecular weight excluding hydrogens is 250 g/mol. The second kappa shape index (κ2) is 3.49. The second-order valence-electron chi connectivity index (χ2n) is 3.00. The van der Waals surface area contributed by atoms with Gasteiger partial charge >= 0.3 is 6.09 Å². The van der Waals surface area contributed by atoms with Crippen molar-refractivity contribution in [3.8, 4) is 5.75 Å². The number of ether oxygens (including phenoxy) is 1. The van der Waals surface area contributed by atoms with Crippen LogP contribution in [0.4, 0.5) is 4.79 Å². The van der Waals surface area contributed by atoms with E-state index >= 15 is 0 Å². The van der Waals surface area contributed by atoms with Gasteiger partial charge in [0, 0.05) is 10.0 Å². The van der Waals surface area contributed by atoms with Crippen LogP contribution >= 0.6 is 15.9 Å². The van der Waals surface area contributed by atoms with Crippen LogP contribution in [0.2, 0.25) is 0 Å². The number of amides is 1. The molecule has 0 bridgehead atoms. The molecule has 1 saturated heterocycles. The molecule has 0 radical (unpaired) electrons. The van der Waals surface area contributed by atoms with Crippen LogP contribution in [-0.4, -0.2) is 17.8 Å². The molecule has 0 aliphatic carbocycles. The molecule has 74 valence electrons. The fourth-order valence-electron chi connectivity index (χ4n) is 1.36. The summed E-state index contributed by atoms with van der Waals surface area (Å²) < 4.78 is 5.59. The van der Waals surface area contributed by atoms with E-state index in [9.17, 15) is 9.90 Å². The first kappa shape index (κ1) is 9.33. The Bertz CT molecular complexity index is 380. The minimum atomic E-state index is -0.450. The van der Waals surface area contributed by atoms with Crippen molar-refractivity contribution in [3.05, 3.63) is 28.2 Å². The third kappa shape index (κ3) is 1.68. The van der Waals surface area contributed by atoms with Crippen LogP contribution in [-0.2, 0) is 4.74 Å². The number of cyclic esters (lactones) is 1. The maximum Gasteiger partial charge on any atom is 0.407 e. The molecule has 0 aromatic heterocycles. The van der Waals surface area contributed by atoms with Gasteiger partial charge in [-0.25, -0.2) is 4.79 Å². The number of alkyl carbamates (subject to hydrolysis) is 1. The monoisotopic (exact) mass is 257 g/mol. The SMILES string of the molecule is O=C1N[C@H](c2cc(Br)ccc2O)CO1. The Morgan fingerprint density at radius 3 is 3.00 bits per heavy atom. The Labute approximate surface area is 89.0 Å². The first-order valence-electron chi connectivity index (χ1n) is 4.08. The maximum atomic E-state index is 10.8. The number of halogens is 1. The lowest BCUT2D eigenvalue weighted by molar-refractivity contribution is 0.177. The summed E-state index contributed by atoms with van der Waals surface area (Å²) in [4.78, 5) is 10.8. The zero-order valence-corrected chi connectivity index (χ0v) is 8.74. The van der Waals surface area contributed by atoms with Gasteiger partial charge in [-0.1, -0.05) is 15.9 Å². The Kier molecular flexibility index (Phi) is 2.33. The predicted octanol–water partition coefficient (Wildman–Crippen LogP) is 1.94. The van der Waals surface area contributed by atoms with E-state index in [1.165, 1.54) is 0 Å². The Morgan fingerprint density at radius 1 is 1.57 bits per heavy atom. The van der Waals surface area contributed by atoms with Gasteiger partial charge in [0.1, 0.15) is 12.4 Å². The molecule has 1 heterocycles. The van der Waals surface area contributed by atoms with Crippen molar-refractivity contribution in [1.29, 1.82) is 0 Å². The van der Waals surface area contributed by atoms with Crippen LogP contribution in [0.3, 0.4) is 0 Å². The summed E-state index contributed by atoms with van der Waals surface area (Å²) in [6, 6.07) is 4.80. The molecule has 1 atom stereocenters. The fraction of sp³-hybridized carbons (Fsp3) is 0.222. The molecule has 1 aliphatic heterocycles. The third-order valence-electron chi connectivity index (χ3n) is 2.04. The van der Waals surface area contributed by atoms with Crippen LogP contribution in [0.25, 0.3) is 0 Å². The quantitative estimate of drug-likeness (QED) is 0.809. The maximum absolute atomic E-state index is 10.8. The lowest BCUT2D eigenvalue weighted by atomic mass is 10.1. The van der Waals surface area contributed by atoms with E-state index in [1.807, 2.05) is 0 Å². The highest BCUT2D eigenvalue weighted by molar-refractivity contribution is 9.10. The van der Waals surface area contributed by atoms with Crippen LogP contribution in [0.5, 0.6) is 5.75 Å². The zero-order valence-electron chi connectivity index (χ0n) is 7.16. The average Bonchev–Trinajstić information content (AvgIpc) is 2.56. The summed E-state index contributed by atoms with van der Waals surface area (Å²) in [6.45, 7) is 0.253. The van der Waals surface area contributed by atoms with E-state index in [0.717, 1.165) is 4.47 Å². The molecule has 4 nitrogen and oxygen atoms in total.